The molecule has 0 bridgehead atoms. The summed E-state index contributed by atoms with van der Waals surface area (Å²) < 4.78 is 0. The molecule has 0 aliphatic carbocycles. The minimum atomic E-state index is 0.148. The van der Waals surface area contributed by atoms with E-state index in [0.717, 1.165) is 5.75 Å². The van der Waals surface area contributed by atoms with Crippen molar-refractivity contribution in [3.8, 4) is 6.07 Å². The Morgan fingerprint density at radius 2 is 2.29 bits per heavy atom. The van der Waals surface area contributed by atoms with Crippen molar-refractivity contribution in [1.29, 1.82) is 5.26 Å². The average molecular weight is 209 g/mol. The summed E-state index contributed by atoms with van der Waals surface area (Å²) in [5, 5.41) is 18.2. The van der Waals surface area contributed by atoms with Crippen molar-refractivity contribution < 1.29 is 5.11 Å². The summed E-state index contributed by atoms with van der Waals surface area (Å²) in [6.45, 7) is 2.09. The van der Waals surface area contributed by atoms with Crippen molar-refractivity contribution in [1.82, 2.24) is 9.97 Å². The van der Waals surface area contributed by atoms with Gasteiger partial charge < -0.3 is 5.11 Å². The first kappa shape index (κ1) is 11.0. The fourth-order valence-corrected chi connectivity index (χ4v) is 1.70. The topological polar surface area (TPSA) is 69.8 Å². The van der Waals surface area contributed by atoms with Gasteiger partial charge in [-0.2, -0.15) is 5.26 Å². The molecule has 1 unspecified atom stereocenters. The van der Waals surface area contributed by atoms with Crippen LogP contribution in [0.3, 0.4) is 0 Å². The summed E-state index contributed by atoms with van der Waals surface area (Å²) in [5.74, 6) is 0.942. The van der Waals surface area contributed by atoms with Crippen LogP contribution in [-0.2, 0) is 0 Å². The van der Waals surface area contributed by atoms with Gasteiger partial charge in [-0.1, -0.05) is 6.92 Å². The third kappa shape index (κ3) is 2.98. The molecule has 14 heavy (non-hydrogen) atoms. The van der Waals surface area contributed by atoms with Crippen molar-refractivity contribution in [2.24, 2.45) is 5.92 Å². The summed E-state index contributed by atoms with van der Waals surface area (Å²) in [5.41, 5.74) is 0.350. The normalized spacial score (nSPS) is 12.1. The number of hydrogen-bond acceptors (Lipinski definition) is 5. The van der Waals surface area contributed by atoms with Gasteiger partial charge in [0.25, 0.3) is 0 Å². The lowest BCUT2D eigenvalue weighted by atomic mass is 10.2. The smallest absolute Gasteiger partial charge is 0.172 e. The zero-order valence-corrected chi connectivity index (χ0v) is 8.66. The Kier molecular flexibility index (Phi) is 4.36. The van der Waals surface area contributed by atoms with Crippen LogP contribution < -0.4 is 0 Å². The molecule has 0 saturated heterocycles. The highest BCUT2D eigenvalue weighted by Crippen LogP contribution is 2.19. The van der Waals surface area contributed by atoms with Gasteiger partial charge in [-0.3, -0.25) is 0 Å². The maximum Gasteiger partial charge on any atom is 0.172 e. The summed E-state index contributed by atoms with van der Waals surface area (Å²) in [6.07, 6.45) is 3.06. The number of rotatable bonds is 4. The predicted octanol–water partition coefficient (Wildman–Crippen LogP) is 1.07. The Labute approximate surface area is 87.0 Å². The van der Waals surface area contributed by atoms with E-state index in [0.29, 0.717) is 10.7 Å². The molecule has 0 radical (unpaired) electrons. The van der Waals surface area contributed by atoms with E-state index in [1.165, 1.54) is 18.0 Å². The van der Waals surface area contributed by atoms with Crippen LogP contribution in [-0.4, -0.2) is 27.4 Å². The van der Waals surface area contributed by atoms with E-state index in [1.807, 2.05) is 13.0 Å². The highest BCUT2D eigenvalue weighted by Gasteiger charge is 2.07. The van der Waals surface area contributed by atoms with E-state index in [1.54, 1.807) is 6.20 Å². The molecule has 74 valence electrons. The van der Waals surface area contributed by atoms with E-state index in [-0.39, 0.29) is 12.5 Å². The van der Waals surface area contributed by atoms with Crippen molar-refractivity contribution in [2.75, 3.05) is 12.4 Å². The molecular weight excluding hydrogens is 198 g/mol. The summed E-state index contributed by atoms with van der Waals surface area (Å²) in [6, 6.07) is 1.98. The van der Waals surface area contributed by atoms with Crippen LogP contribution in [0.4, 0.5) is 0 Å². The fraction of sp³-hybridized carbons (Fsp3) is 0.444. The third-order valence-electron chi connectivity index (χ3n) is 1.59. The van der Waals surface area contributed by atoms with Crippen LogP contribution in [0.25, 0.3) is 0 Å². The van der Waals surface area contributed by atoms with E-state index in [9.17, 15) is 0 Å². The van der Waals surface area contributed by atoms with Crippen molar-refractivity contribution in [3.05, 3.63) is 18.1 Å². The highest BCUT2D eigenvalue weighted by molar-refractivity contribution is 7.99. The summed E-state index contributed by atoms with van der Waals surface area (Å²) in [7, 11) is 0. The Hall–Kier alpha value is -1.12. The highest BCUT2D eigenvalue weighted by atomic mass is 32.2. The summed E-state index contributed by atoms with van der Waals surface area (Å²) >= 11 is 1.45. The quantitative estimate of drug-likeness (QED) is 0.751. The second-order valence-electron chi connectivity index (χ2n) is 2.92. The molecule has 0 saturated carbocycles. The third-order valence-corrected chi connectivity index (χ3v) is 2.89. The van der Waals surface area contributed by atoms with Gasteiger partial charge in [0.2, 0.25) is 0 Å². The Balaban J connectivity index is 2.63. The monoisotopic (exact) mass is 209 g/mol. The maximum atomic E-state index is 8.82. The number of aliphatic hydroxyl groups is 1. The van der Waals surface area contributed by atoms with Crippen LogP contribution in [0.1, 0.15) is 12.6 Å². The molecule has 0 amide bonds. The second-order valence-corrected chi connectivity index (χ2v) is 3.93. The molecule has 0 aromatic carbocycles. The molecule has 0 aliphatic rings. The molecule has 1 heterocycles. The minimum Gasteiger partial charge on any atom is -0.396 e. The van der Waals surface area contributed by atoms with Gasteiger partial charge in [-0.25, -0.2) is 9.97 Å². The standard InChI is InChI=1S/C9H11N3OS/c1-7(5-13)6-14-9-8(4-10)11-2-3-12-9/h2-3,7,13H,5-6H2,1H3. The van der Waals surface area contributed by atoms with Gasteiger partial charge in [0.1, 0.15) is 11.1 Å². The van der Waals surface area contributed by atoms with Gasteiger partial charge in [0.15, 0.2) is 5.69 Å². The van der Waals surface area contributed by atoms with Crippen LogP contribution >= 0.6 is 11.8 Å². The molecule has 4 nitrogen and oxygen atoms in total. The number of nitrogens with zero attached hydrogens (tertiary/aromatic N) is 3. The molecule has 0 aliphatic heterocycles. The van der Waals surface area contributed by atoms with Crippen LogP contribution in [0.5, 0.6) is 0 Å². The minimum absolute atomic E-state index is 0.148. The molecule has 0 spiro atoms. The van der Waals surface area contributed by atoms with E-state index in [4.69, 9.17) is 10.4 Å². The Morgan fingerprint density at radius 3 is 2.93 bits per heavy atom. The molecule has 1 aromatic rings. The van der Waals surface area contributed by atoms with Gasteiger partial charge in [-0.15, -0.1) is 11.8 Å². The summed E-state index contributed by atoms with van der Waals surface area (Å²) in [4.78, 5) is 7.95. The van der Waals surface area contributed by atoms with Crippen molar-refractivity contribution in [2.45, 2.75) is 11.9 Å². The van der Waals surface area contributed by atoms with E-state index >= 15 is 0 Å². The van der Waals surface area contributed by atoms with E-state index < -0.39 is 0 Å². The molecule has 5 heteroatoms. The zero-order valence-electron chi connectivity index (χ0n) is 7.84. The lowest BCUT2D eigenvalue weighted by molar-refractivity contribution is 0.250. The van der Waals surface area contributed by atoms with Gasteiger partial charge >= 0.3 is 0 Å². The first-order valence-electron chi connectivity index (χ1n) is 4.22. The number of aliphatic hydroxyl groups excluding tert-OH is 1. The fourth-order valence-electron chi connectivity index (χ4n) is 0.781. The van der Waals surface area contributed by atoms with Crippen molar-refractivity contribution >= 4 is 11.8 Å². The SMILES string of the molecule is CC(CO)CSc1nccnc1C#N. The molecular formula is C9H11N3OS. The number of aromatic nitrogens is 2. The lowest BCUT2D eigenvalue weighted by Gasteiger charge is -2.06. The van der Waals surface area contributed by atoms with Gasteiger partial charge in [-0.05, 0) is 5.92 Å². The Bertz CT molecular complexity index is 337. The largest absolute Gasteiger partial charge is 0.396 e. The first-order chi connectivity index (χ1) is 6.77. The number of thioether (sulfide) groups is 1. The van der Waals surface area contributed by atoms with E-state index in [2.05, 4.69) is 9.97 Å². The van der Waals surface area contributed by atoms with Crippen LogP contribution in [0.15, 0.2) is 17.4 Å². The number of hydrogen-bond donors (Lipinski definition) is 1. The lowest BCUT2D eigenvalue weighted by Crippen LogP contribution is -2.04. The Morgan fingerprint density at radius 1 is 1.57 bits per heavy atom. The second kappa shape index (κ2) is 5.58. The molecule has 1 N–H and O–H groups in total. The van der Waals surface area contributed by atoms with Gasteiger partial charge in [0.05, 0.1) is 0 Å². The van der Waals surface area contributed by atoms with Crippen molar-refractivity contribution in [3.63, 3.8) is 0 Å². The molecule has 1 atom stereocenters. The van der Waals surface area contributed by atoms with Gasteiger partial charge in [0, 0.05) is 24.8 Å². The average Bonchev–Trinajstić information content (AvgIpc) is 2.26. The molecule has 0 fully saturated rings. The molecule has 1 rings (SSSR count). The zero-order chi connectivity index (χ0) is 10.4. The van der Waals surface area contributed by atoms with Crippen LogP contribution in [0, 0.1) is 17.2 Å². The predicted molar refractivity (Wildman–Crippen MR) is 53.7 cm³/mol. The molecule has 1 aromatic heterocycles. The maximum absolute atomic E-state index is 8.82. The first-order valence-corrected chi connectivity index (χ1v) is 5.21. The number of nitriles is 1. The van der Waals surface area contributed by atoms with Crippen LogP contribution in [0.2, 0.25) is 0 Å².